The number of hydrogen-bond donors (Lipinski definition) is 1. The molecule has 1 saturated heterocycles. The molecule has 0 unspecified atom stereocenters. The molecule has 5 atom stereocenters. The van der Waals surface area contributed by atoms with Crippen LogP contribution in [0.2, 0.25) is 0 Å². The van der Waals surface area contributed by atoms with Gasteiger partial charge in [0, 0.05) is 35.7 Å². The normalized spacial score (nSPS) is 31.9. The van der Waals surface area contributed by atoms with Crippen LogP contribution in [0.25, 0.3) is 0 Å². The molecule has 3 fully saturated rings. The lowest BCUT2D eigenvalue weighted by molar-refractivity contribution is -0.0783. The van der Waals surface area contributed by atoms with Crippen LogP contribution >= 0.6 is 0 Å². The molecule has 0 radical (unpaired) electrons. The highest BCUT2D eigenvalue weighted by molar-refractivity contribution is 7.88. The lowest BCUT2D eigenvalue weighted by Crippen LogP contribution is -2.69. The molecule has 2 bridgehead atoms. The lowest BCUT2D eigenvalue weighted by Gasteiger charge is -2.60. The number of hydrogen-bond acceptors (Lipinski definition) is 5. The van der Waals surface area contributed by atoms with Gasteiger partial charge in [-0.2, -0.15) is 4.31 Å². The Hall–Kier alpha value is -2.09. The highest BCUT2D eigenvalue weighted by Crippen LogP contribution is 2.64. The predicted octanol–water partition coefficient (Wildman–Crippen LogP) is 4.70. The van der Waals surface area contributed by atoms with Crippen molar-refractivity contribution >= 4 is 10.0 Å². The van der Waals surface area contributed by atoms with Gasteiger partial charge in [0.1, 0.15) is 17.6 Å². The third-order valence-corrected chi connectivity index (χ3v) is 11.9. The smallest absolute Gasteiger partial charge is 0.218 e. The number of nitrogens with zero attached hydrogens (tertiary/aromatic N) is 2. The van der Waals surface area contributed by atoms with Crippen LogP contribution in [0.15, 0.2) is 42.5 Å². The van der Waals surface area contributed by atoms with Crippen LogP contribution in [-0.2, 0) is 27.6 Å². The van der Waals surface area contributed by atoms with Crippen LogP contribution in [0.5, 0.6) is 11.5 Å². The Morgan fingerprint density at radius 3 is 2.63 bits per heavy atom. The van der Waals surface area contributed by atoms with Gasteiger partial charge in [0.2, 0.25) is 10.0 Å². The summed E-state index contributed by atoms with van der Waals surface area (Å²) in [4.78, 5) is 2.70. The Balaban J connectivity index is 1.30. The molecular weight excluding hydrogens is 496 g/mol. The fourth-order valence-corrected chi connectivity index (χ4v) is 10.4. The maximum atomic E-state index is 14.1. The molecule has 0 aromatic heterocycles. The fraction of sp³-hybridized carbons (Fsp3) is 0.613. The van der Waals surface area contributed by atoms with Crippen molar-refractivity contribution in [2.24, 2.45) is 17.8 Å². The summed E-state index contributed by atoms with van der Waals surface area (Å²) in [7, 11) is -3.57. The number of sulfonamides is 1. The molecule has 2 aliphatic heterocycles. The molecule has 204 valence electrons. The summed E-state index contributed by atoms with van der Waals surface area (Å²) in [6.45, 7) is 6.88. The molecule has 2 saturated carbocycles. The van der Waals surface area contributed by atoms with E-state index in [1.807, 2.05) is 40.7 Å². The SMILES string of the molecule is CC(C)CN([C@@H]1CC[C@H]2[C@H]3Cc4c(O)ccc5c4[C@@]2(CCN3CC2CC2)[C@H]1O5)S(=O)(=O)Cc1ccccc1. The molecule has 1 N–H and O–H groups in total. The lowest BCUT2D eigenvalue weighted by atomic mass is 9.51. The van der Waals surface area contributed by atoms with Gasteiger partial charge in [0.15, 0.2) is 0 Å². The van der Waals surface area contributed by atoms with Gasteiger partial charge in [-0.3, -0.25) is 4.90 Å². The molecular formula is C31H40N2O4S. The second kappa shape index (κ2) is 8.97. The number of aromatic hydroxyl groups is 1. The summed E-state index contributed by atoms with van der Waals surface area (Å²) in [5.74, 6) is 2.72. The van der Waals surface area contributed by atoms with E-state index in [1.165, 1.54) is 18.4 Å². The summed E-state index contributed by atoms with van der Waals surface area (Å²) in [5, 5.41) is 11.0. The first-order chi connectivity index (χ1) is 18.3. The molecule has 2 aromatic rings. The Bertz CT molecular complexity index is 1320. The molecule has 3 aliphatic carbocycles. The molecule has 2 aromatic carbocycles. The van der Waals surface area contributed by atoms with E-state index in [2.05, 4.69) is 18.7 Å². The second-order valence-corrected chi connectivity index (χ2v) is 14.9. The van der Waals surface area contributed by atoms with E-state index in [0.717, 1.165) is 61.6 Å². The standard InChI is InChI=1S/C31H40N2O4S/c1-20(2)17-33(38(35,36)19-22-6-4-3-5-7-22)25-11-10-24-26-16-23-27(34)12-13-28-29(23)31(24,30(25)37-28)14-15-32(26)18-21-8-9-21/h3-7,12-13,20-21,24-26,30,34H,8-11,14-19H2,1-2H3/t24-,25+,26+,30-,31-/m0/s1. The van der Waals surface area contributed by atoms with Crippen LogP contribution in [-0.4, -0.2) is 60.6 Å². The number of likely N-dealkylation sites (tertiary alicyclic amines) is 1. The van der Waals surface area contributed by atoms with E-state index in [1.54, 1.807) is 6.07 Å². The predicted molar refractivity (Wildman–Crippen MR) is 148 cm³/mol. The Kier molecular flexibility index (Phi) is 5.88. The Morgan fingerprint density at radius 2 is 1.89 bits per heavy atom. The Morgan fingerprint density at radius 1 is 1.11 bits per heavy atom. The number of phenolic OH excluding ortho intramolecular Hbond substituents is 1. The molecule has 7 rings (SSSR count). The van der Waals surface area contributed by atoms with Crippen LogP contribution in [0.4, 0.5) is 0 Å². The minimum Gasteiger partial charge on any atom is -0.508 e. The molecule has 1 spiro atoms. The average molecular weight is 537 g/mol. The topological polar surface area (TPSA) is 70.1 Å². The van der Waals surface area contributed by atoms with E-state index >= 15 is 0 Å². The van der Waals surface area contributed by atoms with Gasteiger partial charge in [-0.1, -0.05) is 44.2 Å². The van der Waals surface area contributed by atoms with E-state index in [4.69, 9.17) is 4.74 Å². The number of rotatable bonds is 8. The first-order valence-corrected chi connectivity index (χ1v) is 16.2. The molecule has 0 amide bonds. The van der Waals surface area contributed by atoms with Gasteiger partial charge >= 0.3 is 0 Å². The van der Waals surface area contributed by atoms with Crippen LogP contribution in [0, 0.1) is 17.8 Å². The van der Waals surface area contributed by atoms with Crippen molar-refractivity contribution in [1.82, 2.24) is 9.21 Å². The van der Waals surface area contributed by atoms with Crippen molar-refractivity contribution in [3.05, 3.63) is 59.2 Å². The van der Waals surface area contributed by atoms with E-state index in [0.29, 0.717) is 24.3 Å². The summed E-state index contributed by atoms with van der Waals surface area (Å²) in [6, 6.07) is 13.4. The monoisotopic (exact) mass is 536 g/mol. The molecule has 5 aliphatic rings. The van der Waals surface area contributed by atoms with Crippen molar-refractivity contribution in [2.75, 3.05) is 19.6 Å². The van der Waals surface area contributed by atoms with Gasteiger partial charge in [-0.15, -0.1) is 0 Å². The maximum Gasteiger partial charge on any atom is 0.218 e. The summed E-state index contributed by atoms with van der Waals surface area (Å²) >= 11 is 0. The van der Waals surface area contributed by atoms with Crippen molar-refractivity contribution in [1.29, 1.82) is 0 Å². The van der Waals surface area contributed by atoms with Crippen LogP contribution in [0.3, 0.4) is 0 Å². The Labute approximate surface area is 227 Å². The summed E-state index contributed by atoms with van der Waals surface area (Å²) in [6.07, 6.45) is 6.12. The van der Waals surface area contributed by atoms with Crippen LogP contribution in [0.1, 0.15) is 62.6 Å². The van der Waals surface area contributed by atoms with E-state index in [9.17, 15) is 13.5 Å². The van der Waals surface area contributed by atoms with Gasteiger partial charge in [0.25, 0.3) is 0 Å². The average Bonchev–Trinajstić information content (AvgIpc) is 3.64. The largest absolute Gasteiger partial charge is 0.508 e. The highest BCUT2D eigenvalue weighted by Gasteiger charge is 2.67. The van der Waals surface area contributed by atoms with Crippen molar-refractivity contribution in [3.63, 3.8) is 0 Å². The van der Waals surface area contributed by atoms with E-state index in [-0.39, 0.29) is 29.2 Å². The number of ether oxygens (including phenoxy) is 1. The number of piperidine rings is 1. The molecule has 2 heterocycles. The number of benzene rings is 2. The third-order valence-electron chi connectivity index (χ3n) is 10.1. The third kappa shape index (κ3) is 3.83. The van der Waals surface area contributed by atoms with Gasteiger partial charge in [0.05, 0.1) is 11.8 Å². The second-order valence-electron chi connectivity index (χ2n) is 12.9. The fourth-order valence-electron chi connectivity index (χ4n) is 8.45. The zero-order valence-electron chi connectivity index (χ0n) is 22.6. The van der Waals surface area contributed by atoms with E-state index < -0.39 is 10.0 Å². The molecule has 6 nitrogen and oxygen atoms in total. The quantitative estimate of drug-likeness (QED) is 0.530. The minimum absolute atomic E-state index is 0.0109. The molecule has 7 heteroatoms. The zero-order valence-corrected chi connectivity index (χ0v) is 23.4. The van der Waals surface area contributed by atoms with Crippen molar-refractivity contribution in [2.45, 2.75) is 81.7 Å². The van der Waals surface area contributed by atoms with Gasteiger partial charge < -0.3 is 9.84 Å². The highest BCUT2D eigenvalue weighted by atomic mass is 32.2. The minimum atomic E-state index is -3.57. The summed E-state index contributed by atoms with van der Waals surface area (Å²) in [5.41, 5.74) is 2.84. The zero-order chi connectivity index (χ0) is 26.2. The number of phenols is 1. The molecule has 38 heavy (non-hydrogen) atoms. The van der Waals surface area contributed by atoms with Crippen molar-refractivity contribution in [3.8, 4) is 11.5 Å². The summed E-state index contributed by atoms with van der Waals surface area (Å²) < 4.78 is 36.8. The first kappa shape index (κ1) is 24.9. The van der Waals surface area contributed by atoms with Gasteiger partial charge in [-0.05, 0) is 80.5 Å². The maximum absolute atomic E-state index is 14.1. The van der Waals surface area contributed by atoms with Crippen molar-refractivity contribution < 1.29 is 18.3 Å². The van der Waals surface area contributed by atoms with Gasteiger partial charge in [-0.25, -0.2) is 8.42 Å². The first-order valence-electron chi connectivity index (χ1n) is 14.6. The van der Waals surface area contributed by atoms with Crippen LogP contribution < -0.4 is 4.74 Å².